The van der Waals surface area contributed by atoms with E-state index in [-0.39, 0.29) is 0 Å². The van der Waals surface area contributed by atoms with E-state index in [1.807, 2.05) is 6.07 Å². The summed E-state index contributed by atoms with van der Waals surface area (Å²) in [6.45, 7) is 0. The van der Waals surface area contributed by atoms with E-state index in [0.717, 1.165) is 5.69 Å². The maximum Gasteiger partial charge on any atom is 0.215 e. The largest absolute Gasteiger partial charge is 0.481 e. The molecule has 0 bridgehead atoms. The van der Waals surface area contributed by atoms with Crippen molar-refractivity contribution in [3.8, 4) is 11.6 Å². The first kappa shape index (κ1) is 8.55. The molecule has 2 aromatic heterocycles. The summed E-state index contributed by atoms with van der Waals surface area (Å²) in [5.74, 6) is 1.05. The van der Waals surface area contributed by atoms with E-state index < -0.39 is 0 Å². The quantitative estimate of drug-likeness (QED) is 0.762. The van der Waals surface area contributed by atoms with Crippen LogP contribution >= 0.6 is 0 Å². The monoisotopic (exact) mass is 190 g/mol. The minimum Gasteiger partial charge on any atom is -0.481 e. The van der Waals surface area contributed by atoms with Crippen LogP contribution in [-0.2, 0) is 0 Å². The van der Waals surface area contributed by atoms with Crippen molar-refractivity contribution in [2.45, 2.75) is 0 Å². The Morgan fingerprint density at radius 3 is 2.93 bits per heavy atom. The summed E-state index contributed by atoms with van der Waals surface area (Å²) < 4.78 is 6.81. The molecule has 14 heavy (non-hydrogen) atoms. The SMILES string of the molecule is COc1cc(-n2cnc(N)c2)ccn1. The predicted octanol–water partition coefficient (Wildman–Crippen LogP) is 0.858. The highest BCUT2D eigenvalue weighted by atomic mass is 16.5. The van der Waals surface area contributed by atoms with Gasteiger partial charge in [-0.25, -0.2) is 9.97 Å². The molecule has 0 aliphatic heterocycles. The summed E-state index contributed by atoms with van der Waals surface area (Å²) in [5.41, 5.74) is 6.43. The van der Waals surface area contributed by atoms with E-state index in [4.69, 9.17) is 10.5 Å². The first-order valence-corrected chi connectivity index (χ1v) is 4.09. The van der Waals surface area contributed by atoms with Crippen LogP contribution in [0.3, 0.4) is 0 Å². The van der Waals surface area contributed by atoms with Crippen molar-refractivity contribution in [3.63, 3.8) is 0 Å². The predicted molar refractivity (Wildman–Crippen MR) is 52.3 cm³/mol. The molecule has 0 aliphatic rings. The van der Waals surface area contributed by atoms with Crippen molar-refractivity contribution < 1.29 is 4.74 Å². The third-order valence-corrected chi connectivity index (χ3v) is 1.83. The van der Waals surface area contributed by atoms with Crippen molar-refractivity contribution in [1.82, 2.24) is 14.5 Å². The molecule has 2 rings (SSSR count). The lowest BCUT2D eigenvalue weighted by molar-refractivity contribution is 0.397. The lowest BCUT2D eigenvalue weighted by Gasteiger charge is -2.03. The molecule has 2 aromatic rings. The van der Waals surface area contributed by atoms with Crippen molar-refractivity contribution in [2.24, 2.45) is 0 Å². The van der Waals surface area contributed by atoms with Crippen LogP contribution in [0.4, 0.5) is 5.82 Å². The number of ether oxygens (including phenoxy) is 1. The molecule has 0 saturated carbocycles. The highest BCUT2D eigenvalue weighted by Gasteiger charge is 1.99. The first-order valence-electron chi connectivity index (χ1n) is 4.09. The number of imidazole rings is 1. The first-order chi connectivity index (χ1) is 6.79. The van der Waals surface area contributed by atoms with Crippen molar-refractivity contribution >= 4 is 5.82 Å². The van der Waals surface area contributed by atoms with E-state index in [9.17, 15) is 0 Å². The molecule has 0 atom stereocenters. The topological polar surface area (TPSA) is 66.0 Å². The van der Waals surface area contributed by atoms with Crippen LogP contribution in [-0.4, -0.2) is 21.6 Å². The van der Waals surface area contributed by atoms with Gasteiger partial charge in [-0.05, 0) is 6.07 Å². The second-order valence-electron chi connectivity index (χ2n) is 2.76. The van der Waals surface area contributed by atoms with Crippen LogP contribution in [0, 0.1) is 0 Å². The van der Waals surface area contributed by atoms with Gasteiger partial charge in [0.25, 0.3) is 0 Å². The normalized spacial score (nSPS) is 10.1. The fraction of sp³-hybridized carbons (Fsp3) is 0.111. The van der Waals surface area contributed by atoms with Crippen molar-refractivity contribution in [2.75, 3.05) is 12.8 Å². The number of anilines is 1. The van der Waals surface area contributed by atoms with Gasteiger partial charge in [0.2, 0.25) is 5.88 Å². The fourth-order valence-corrected chi connectivity index (χ4v) is 1.15. The number of aromatic nitrogens is 3. The van der Waals surface area contributed by atoms with Gasteiger partial charge in [0, 0.05) is 12.3 Å². The van der Waals surface area contributed by atoms with Gasteiger partial charge in [-0.1, -0.05) is 0 Å². The van der Waals surface area contributed by atoms with Gasteiger partial charge in [0.1, 0.15) is 12.1 Å². The summed E-state index contributed by atoms with van der Waals surface area (Å²) in [4.78, 5) is 7.93. The third kappa shape index (κ3) is 1.52. The van der Waals surface area contributed by atoms with Crippen molar-refractivity contribution in [3.05, 3.63) is 30.9 Å². The van der Waals surface area contributed by atoms with Crippen LogP contribution in [0.15, 0.2) is 30.9 Å². The molecule has 0 radical (unpaired) electrons. The average molecular weight is 190 g/mol. The van der Waals surface area contributed by atoms with E-state index in [1.165, 1.54) is 0 Å². The zero-order valence-corrected chi connectivity index (χ0v) is 7.71. The van der Waals surface area contributed by atoms with E-state index in [1.54, 1.807) is 36.5 Å². The number of hydrogen-bond acceptors (Lipinski definition) is 4. The Labute approximate surface area is 81.2 Å². The summed E-state index contributed by atoms with van der Waals surface area (Å²) in [7, 11) is 1.58. The summed E-state index contributed by atoms with van der Waals surface area (Å²) in [5, 5.41) is 0. The molecule has 0 aliphatic carbocycles. The van der Waals surface area contributed by atoms with Gasteiger partial charge in [0.05, 0.1) is 19.0 Å². The molecule has 0 amide bonds. The summed E-state index contributed by atoms with van der Waals surface area (Å²) in [6, 6.07) is 3.66. The minimum absolute atomic E-state index is 0.487. The molecular formula is C9H10N4O. The maximum absolute atomic E-state index is 5.51. The average Bonchev–Trinajstić information content (AvgIpc) is 2.65. The lowest BCUT2D eigenvalue weighted by Crippen LogP contribution is -1.93. The van der Waals surface area contributed by atoms with Crippen LogP contribution in [0.1, 0.15) is 0 Å². The summed E-state index contributed by atoms with van der Waals surface area (Å²) in [6.07, 6.45) is 5.04. The van der Waals surface area contributed by atoms with Gasteiger partial charge in [0.15, 0.2) is 0 Å². The highest BCUT2D eigenvalue weighted by molar-refractivity contribution is 5.37. The van der Waals surface area contributed by atoms with Gasteiger partial charge >= 0.3 is 0 Å². The molecule has 5 heteroatoms. The van der Waals surface area contributed by atoms with E-state index in [2.05, 4.69) is 9.97 Å². The Morgan fingerprint density at radius 1 is 1.43 bits per heavy atom. The smallest absolute Gasteiger partial charge is 0.215 e. The number of methoxy groups -OCH3 is 1. The molecule has 72 valence electrons. The van der Waals surface area contributed by atoms with Crippen LogP contribution in [0.2, 0.25) is 0 Å². The fourth-order valence-electron chi connectivity index (χ4n) is 1.15. The molecule has 0 fully saturated rings. The molecule has 2 heterocycles. The van der Waals surface area contributed by atoms with Crippen molar-refractivity contribution in [1.29, 1.82) is 0 Å². The second-order valence-corrected chi connectivity index (χ2v) is 2.76. The Bertz CT molecular complexity index is 438. The van der Waals surface area contributed by atoms with E-state index >= 15 is 0 Å². The standard InChI is InChI=1S/C9H10N4O/c1-14-9-4-7(2-3-11-9)13-5-8(10)12-6-13/h2-6H,10H2,1H3. The third-order valence-electron chi connectivity index (χ3n) is 1.83. The molecular weight excluding hydrogens is 180 g/mol. The van der Waals surface area contributed by atoms with Crippen LogP contribution in [0.25, 0.3) is 5.69 Å². The Hall–Kier alpha value is -2.04. The number of hydrogen-bond donors (Lipinski definition) is 1. The second kappa shape index (κ2) is 3.37. The van der Waals surface area contributed by atoms with Gasteiger partial charge in [-0.2, -0.15) is 0 Å². The van der Waals surface area contributed by atoms with E-state index in [0.29, 0.717) is 11.7 Å². The van der Waals surface area contributed by atoms with Crippen LogP contribution < -0.4 is 10.5 Å². The molecule has 0 spiro atoms. The highest BCUT2D eigenvalue weighted by Crippen LogP contribution is 2.13. The zero-order chi connectivity index (χ0) is 9.97. The summed E-state index contributed by atoms with van der Waals surface area (Å²) >= 11 is 0. The molecule has 0 unspecified atom stereocenters. The molecule has 2 N–H and O–H groups in total. The minimum atomic E-state index is 0.487. The number of nitrogens with two attached hydrogens (primary N) is 1. The number of nitrogen functional groups attached to an aromatic ring is 1. The van der Waals surface area contributed by atoms with Gasteiger partial charge in [-0.3, -0.25) is 0 Å². The number of rotatable bonds is 2. The Morgan fingerprint density at radius 2 is 2.29 bits per heavy atom. The number of nitrogens with zero attached hydrogens (tertiary/aromatic N) is 3. The molecule has 0 aromatic carbocycles. The van der Waals surface area contributed by atoms with Gasteiger partial charge in [-0.15, -0.1) is 0 Å². The Balaban J connectivity index is 2.41. The maximum atomic E-state index is 5.51. The zero-order valence-electron chi connectivity index (χ0n) is 7.71. The van der Waals surface area contributed by atoms with Gasteiger partial charge < -0.3 is 15.0 Å². The lowest BCUT2D eigenvalue weighted by atomic mass is 10.4. The Kier molecular flexibility index (Phi) is 2.06. The molecule has 0 saturated heterocycles. The van der Waals surface area contributed by atoms with Crippen LogP contribution in [0.5, 0.6) is 5.88 Å². The number of pyridine rings is 1. The molecule has 5 nitrogen and oxygen atoms in total.